The van der Waals surface area contributed by atoms with Crippen molar-refractivity contribution in [1.29, 1.82) is 0 Å². The van der Waals surface area contributed by atoms with Crippen LogP contribution in [0.2, 0.25) is 0 Å². The first-order valence-corrected chi connectivity index (χ1v) is 8.35. The van der Waals surface area contributed by atoms with Crippen LogP contribution in [0.1, 0.15) is 17.1 Å². The van der Waals surface area contributed by atoms with Crippen molar-refractivity contribution in [2.24, 2.45) is 0 Å². The largest absolute Gasteiger partial charge is 0.360 e. The molecule has 3 aromatic rings. The predicted molar refractivity (Wildman–Crippen MR) is 93.2 cm³/mol. The number of nitrogens with zero attached hydrogens (tertiary/aromatic N) is 2. The minimum absolute atomic E-state index is 0.0589. The molecular formula is C17H17N3O3S. The Morgan fingerprint density at radius 3 is 2.71 bits per heavy atom. The molecule has 0 aliphatic carbocycles. The van der Waals surface area contributed by atoms with Gasteiger partial charge in [-0.1, -0.05) is 46.8 Å². The molecule has 1 amide bonds. The average Bonchev–Trinajstić information content (AvgIpc) is 3.08. The Kier molecular flexibility index (Phi) is 4.61. The van der Waals surface area contributed by atoms with Gasteiger partial charge in [0.25, 0.3) is 0 Å². The van der Waals surface area contributed by atoms with Crippen molar-refractivity contribution >= 4 is 23.1 Å². The number of nitrogens with one attached hydrogen (secondary N) is 1. The van der Waals surface area contributed by atoms with E-state index in [-0.39, 0.29) is 17.2 Å². The molecule has 24 heavy (non-hydrogen) atoms. The van der Waals surface area contributed by atoms with Gasteiger partial charge in [-0.3, -0.25) is 14.2 Å². The van der Waals surface area contributed by atoms with E-state index in [0.29, 0.717) is 18.1 Å². The maximum absolute atomic E-state index is 12.2. The lowest BCUT2D eigenvalue weighted by Gasteiger charge is -2.09. The number of rotatable bonds is 5. The van der Waals surface area contributed by atoms with Gasteiger partial charge in [-0.05, 0) is 19.4 Å². The third kappa shape index (κ3) is 3.46. The normalized spacial score (nSPS) is 10.8. The fourth-order valence-corrected chi connectivity index (χ4v) is 3.40. The van der Waals surface area contributed by atoms with E-state index in [1.54, 1.807) is 17.6 Å². The molecule has 6 nitrogen and oxygen atoms in total. The van der Waals surface area contributed by atoms with Crippen LogP contribution in [0.3, 0.4) is 0 Å². The Labute approximate surface area is 142 Å². The maximum atomic E-state index is 12.2. The SMILES string of the molecule is Cc1cc(NC(=O)CCn2c(-c3ccccc3)c(C)sc2=O)no1. The van der Waals surface area contributed by atoms with E-state index in [1.807, 2.05) is 37.3 Å². The molecule has 0 aliphatic heterocycles. The van der Waals surface area contributed by atoms with Crippen LogP contribution in [0.25, 0.3) is 11.3 Å². The summed E-state index contributed by atoms with van der Waals surface area (Å²) >= 11 is 1.20. The summed E-state index contributed by atoms with van der Waals surface area (Å²) < 4.78 is 6.57. The average molecular weight is 343 g/mol. The van der Waals surface area contributed by atoms with E-state index in [4.69, 9.17) is 4.52 Å². The highest BCUT2D eigenvalue weighted by Gasteiger charge is 2.15. The monoisotopic (exact) mass is 343 g/mol. The van der Waals surface area contributed by atoms with Crippen molar-refractivity contribution in [2.45, 2.75) is 26.8 Å². The second-order valence-corrected chi connectivity index (χ2v) is 6.58. The Morgan fingerprint density at radius 1 is 1.29 bits per heavy atom. The number of aryl methyl sites for hydroxylation is 2. The summed E-state index contributed by atoms with van der Waals surface area (Å²) in [6, 6.07) is 11.4. The van der Waals surface area contributed by atoms with Crippen LogP contribution in [0.15, 0.2) is 45.7 Å². The molecule has 0 atom stereocenters. The summed E-state index contributed by atoms with van der Waals surface area (Å²) in [5, 5.41) is 6.39. The van der Waals surface area contributed by atoms with Crippen LogP contribution in [0.5, 0.6) is 0 Å². The molecule has 0 saturated carbocycles. The lowest BCUT2D eigenvalue weighted by Crippen LogP contribution is -2.20. The molecule has 0 unspecified atom stereocenters. The lowest BCUT2D eigenvalue weighted by molar-refractivity contribution is -0.116. The van der Waals surface area contributed by atoms with Crippen LogP contribution in [0, 0.1) is 13.8 Å². The first kappa shape index (κ1) is 16.2. The second-order valence-electron chi connectivity index (χ2n) is 5.41. The lowest BCUT2D eigenvalue weighted by atomic mass is 10.1. The third-order valence-corrected chi connectivity index (χ3v) is 4.46. The van der Waals surface area contributed by atoms with Gasteiger partial charge in [0.15, 0.2) is 5.82 Å². The standard InChI is InChI=1S/C17H17N3O3S/c1-11-10-14(19-23-11)18-15(21)8-9-20-16(12(2)24-17(20)22)13-6-4-3-5-7-13/h3-7,10H,8-9H2,1-2H3,(H,18,19,21). The van der Waals surface area contributed by atoms with Crippen molar-refractivity contribution in [3.8, 4) is 11.3 Å². The molecule has 0 fully saturated rings. The molecule has 1 aromatic carbocycles. The Bertz CT molecular complexity index is 909. The van der Waals surface area contributed by atoms with Gasteiger partial charge in [-0.15, -0.1) is 0 Å². The molecule has 0 bridgehead atoms. The molecular weight excluding hydrogens is 326 g/mol. The predicted octanol–water partition coefficient (Wildman–Crippen LogP) is 3.21. The number of anilines is 1. The summed E-state index contributed by atoms with van der Waals surface area (Å²) in [4.78, 5) is 25.2. The number of carbonyl (C=O) groups excluding carboxylic acids is 1. The summed E-state index contributed by atoms with van der Waals surface area (Å²) in [6.07, 6.45) is 0.182. The number of benzene rings is 1. The number of hydrogen-bond acceptors (Lipinski definition) is 5. The van der Waals surface area contributed by atoms with E-state index in [1.165, 1.54) is 11.3 Å². The summed E-state index contributed by atoms with van der Waals surface area (Å²) in [6.45, 7) is 3.99. The zero-order valence-corrected chi connectivity index (χ0v) is 14.2. The second kappa shape index (κ2) is 6.84. The summed E-state index contributed by atoms with van der Waals surface area (Å²) in [7, 11) is 0. The van der Waals surface area contributed by atoms with Gasteiger partial charge in [0, 0.05) is 23.9 Å². The number of thiazole rings is 1. The Balaban J connectivity index is 1.76. The van der Waals surface area contributed by atoms with E-state index < -0.39 is 0 Å². The quantitative estimate of drug-likeness (QED) is 0.772. The third-order valence-electron chi connectivity index (χ3n) is 3.57. The molecule has 0 saturated heterocycles. The van der Waals surface area contributed by atoms with Crippen LogP contribution in [-0.4, -0.2) is 15.6 Å². The minimum Gasteiger partial charge on any atom is -0.360 e. The van der Waals surface area contributed by atoms with Crippen molar-refractivity contribution in [3.63, 3.8) is 0 Å². The van der Waals surface area contributed by atoms with E-state index in [9.17, 15) is 9.59 Å². The zero-order chi connectivity index (χ0) is 17.1. The number of hydrogen-bond donors (Lipinski definition) is 1. The van der Waals surface area contributed by atoms with Crippen LogP contribution in [-0.2, 0) is 11.3 Å². The first-order valence-electron chi connectivity index (χ1n) is 7.53. The van der Waals surface area contributed by atoms with Crippen molar-refractivity contribution in [3.05, 3.63) is 56.7 Å². The molecule has 0 radical (unpaired) electrons. The van der Waals surface area contributed by atoms with Gasteiger partial charge in [0.2, 0.25) is 5.91 Å². The molecule has 1 N–H and O–H groups in total. The van der Waals surface area contributed by atoms with Gasteiger partial charge < -0.3 is 9.84 Å². The van der Waals surface area contributed by atoms with Gasteiger partial charge in [-0.2, -0.15) is 0 Å². The van der Waals surface area contributed by atoms with Gasteiger partial charge >= 0.3 is 4.87 Å². The number of aromatic nitrogens is 2. The number of carbonyl (C=O) groups is 1. The van der Waals surface area contributed by atoms with E-state index >= 15 is 0 Å². The topological polar surface area (TPSA) is 77.1 Å². The summed E-state index contributed by atoms with van der Waals surface area (Å²) in [5.74, 6) is 0.800. The minimum atomic E-state index is -0.210. The highest BCUT2D eigenvalue weighted by atomic mass is 32.1. The van der Waals surface area contributed by atoms with E-state index in [0.717, 1.165) is 16.1 Å². The maximum Gasteiger partial charge on any atom is 0.307 e. The highest BCUT2D eigenvalue weighted by molar-refractivity contribution is 7.09. The fraction of sp³-hybridized carbons (Fsp3) is 0.235. The number of amides is 1. The molecule has 3 rings (SSSR count). The van der Waals surface area contributed by atoms with Gasteiger partial charge in [-0.25, -0.2) is 0 Å². The molecule has 124 valence electrons. The van der Waals surface area contributed by atoms with Crippen LogP contribution in [0.4, 0.5) is 5.82 Å². The van der Waals surface area contributed by atoms with Crippen LogP contribution >= 0.6 is 11.3 Å². The van der Waals surface area contributed by atoms with E-state index in [2.05, 4.69) is 10.5 Å². The van der Waals surface area contributed by atoms with Crippen molar-refractivity contribution in [1.82, 2.24) is 9.72 Å². The van der Waals surface area contributed by atoms with Crippen LogP contribution < -0.4 is 10.2 Å². The van der Waals surface area contributed by atoms with Crippen molar-refractivity contribution < 1.29 is 9.32 Å². The summed E-state index contributed by atoms with van der Waals surface area (Å²) in [5.41, 5.74) is 1.84. The van der Waals surface area contributed by atoms with Gasteiger partial charge in [0.1, 0.15) is 5.76 Å². The molecule has 2 aromatic heterocycles. The highest BCUT2D eigenvalue weighted by Crippen LogP contribution is 2.25. The molecule has 0 aliphatic rings. The molecule has 2 heterocycles. The molecule has 7 heteroatoms. The smallest absolute Gasteiger partial charge is 0.307 e. The Morgan fingerprint density at radius 2 is 2.04 bits per heavy atom. The van der Waals surface area contributed by atoms with Crippen molar-refractivity contribution in [2.75, 3.05) is 5.32 Å². The zero-order valence-electron chi connectivity index (χ0n) is 13.4. The Hall–Kier alpha value is -2.67. The first-order chi connectivity index (χ1) is 11.5. The molecule has 0 spiro atoms. The van der Waals surface area contributed by atoms with Gasteiger partial charge in [0.05, 0.1) is 5.69 Å². The fourth-order valence-electron chi connectivity index (χ4n) is 2.52.